The fourth-order valence-corrected chi connectivity index (χ4v) is 5.66. The third-order valence-corrected chi connectivity index (χ3v) is 7.30. The Morgan fingerprint density at radius 1 is 1.00 bits per heavy atom. The number of hydrogen-bond acceptors (Lipinski definition) is 3. The zero-order valence-electron chi connectivity index (χ0n) is 14.0. The zero-order chi connectivity index (χ0) is 16.2. The van der Waals surface area contributed by atoms with Crippen molar-refractivity contribution >= 4 is 15.7 Å². The minimum atomic E-state index is -3.27. The van der Waals surface area contributed by atoms with Gasteiger partial charge in [0.2, 0.25) is 5.91 Å². The van der Waals surface area contributed by atoms with E-state index in [0.29, 0.717) is 11.8 Å². The Hall–Kier alpha value is -0.580. The molecule has 5 heteroatoms. The maximum Gasteiger partial charge on any atom is 0.235 e. The van der Waals surface area contributed by atoms with E-state index in [0.717, 1.165) is 38.5 Å². The number of amides is 1. The number of rotatable bonds is 5. The molecule has 4 nitrogen and oxygen atoms in total. The number of carbonyl (C=O) groups excluding carboxylic acids is 1. The fraction of sp³-hybridized carbons (Fsp3) is 0.941. The van der Waals surface area contributed by atoms with E-state index >= 15 is 0 Å². The van der Waals surface area contributed by atoms with Crippen molar-refractivity contribution in [1.29, 1.82) is 0 Å². The minimum Gasteiger partial charge on any atom is -0.352 e. The Kier molecular flexibility index (Phi) is 6.30. The fourth-order valence-electron chi connectivity index (χ4n) is 4.01. The molecule has 0 aromatic carbocycles. The summed E-state index contributed by atoms with van der Waals surface area (Å²) in [7, 11) is -3.27. The first-order chi connectivity index (χ1) is 10.4. The van der Waals surface area contributed by atoms with E-state index in [1.165, 1.54) is 12.8 Å². The third kappa shape index (κ3) is 5.25. The largest absolute Gasteiger partial charge is 0.352 e. The van der Waals surface area contributed by atoms with Crippen molar-refractivity contribution in [2.24, 2.45) is 17.8 Å². The van der Waals surface area contributed by atoms with Crippen LogP contribution in [-0.4, -0.2) is 31.9 Å². The van der Waals surface area contributed by atoms with Gasteiger partial charge in [0, 0.05) is 6.04 Å². The molecular weight excluding hydrogens is 298 g/mol. The van der Waals surface area contributed by atoms with Gasteiger partial charge in [0.1, 0.15) is 5.75 Å². The first kappa shape index (κ1) is 17.8. The molecule has 1 amide bonds. The molecule has 0 bridgehead atoms. The summed E-state index contributed by atoms with van der Waals surface area (Å²) in [5, 5.41) is 2.97. The Labute approximate surface area is 135 Å². The summed E-state index contributed by atoms with van der Waals surface area (Å²) in [5.41, 5.74) is 0. The highest BCUT2D eigenvalue weighted by Gasteiger charge is 2.30. The van der Waals surface area contributed by atoms with Crippen LogP contribution >= 0.6 is 0 Å². The summed E-state index contributed by atoms with van der Waals surface area (Å²) in [5.74, 6) is 0.844. The lowest BCUT2D eigenvalue weighted by atomic mass is 9.78. The van der Waals surface area contributed by atoms with Crippen LogP contribution in [0.25, 0.3) is 0 Å². The van der Waals surface area contributed by atoms with Crippen LogP contribution < -0.4 is 5.32 Å². The third-order valence-electron chi connectivity index (χ3n) is 5.62. The standard InChI is InChI=1S/C17H31NO3S/c1-13-7-6-10-16(14(13)2)18-17(19)12-22(20,21)11-15-8-4-3-5-9-15/h13-16H,3-12H2,1-2H3,(H,18,19)/t13-,14-,16-/m1/s1. The molecular formula is C17H31NO3S. The van der Waals surface area contributed by atoms with Crippen molar-refractivity contribution < 1.29 is 13.2 Å². The number of carbonyl (C=O) groups is 1. The van der Waals surface area contributed by atoms with E-state index in [9.17, 15) is 13.2 Å². The molecule has 0 radical (unpaired) electrons. The van der Waals surface area contributed by atoms with Gasteiger partial charge in [0.25, 0.3) is 0 Å². The maximum atomic E-state index is 12.2. The monoisotopic (exact) mass is 329 g/mol. The van der Waals surface area contributed by atoms with E-state index in [2.05, 4.69) is 19.2 Å². The van der Waals surface area contributed by atoms with E-state index < -0.39 is 9.84 Å². The Balaban J connectivity index is 1.82. The van der Waals surface area contributed by atoms with E-state index in [1.54, 1.807) is 0 Å². The second-order valence-corrected chi connectivity index (χ2v) is 9.61. The molecule has 2 saturated carbocycles. The Morgan fingerprint density at radius 3 is 2.36 bits per heavy atom. The normalized spacial score (nSPS) is 30.9. The second-order valence-electron chi connectivity index (χ2n) is 7.50. The molecule has 2 fully saturated rings. The molecule has 3 atom stereocenters. The summed E-state index contributed by atoms with van der Waals surface area (Å²) < 4.78 is 24.5. The maximum absolute atomic E-state index is 12.2. The molecule has 2 rings (SSSR count). The summed E-state index contributed by atoms with van der Waals surface area (Å²) in [6.07, 6.45) is 8.76. The predicted molar refractivity (Wildman–Crippen MR) is 89.3 cm³/mol. The minimum absolute atomic E-state index is 0.140. The van der Waals surface area contributed by atoms with Gasteiger partial charge in [-0.05, 0) is 37.0 Å². The molecule has 0 aromatic rings. The zero-order valence-corrected chi connectivity index (χ0v) is 14.8. The summed E-state index contributed by atoms with van der Waals surface area (Å²) in [4.78, 5) is 12.1. The number of hydrogen-bond donors (Lipinski definition) is 1. The molecule has 0 heterocycles. The van der Waals surface area contributed by atoms with Gasteiger partial charge in [-0.15, -0.1) is 0 Å². The molecule has 2 aliphatic carbocycles. The highest BCUT2D eigenvalue weighted by molar-refractivity contribution is 7.92. The molecule has 22 heavy (non-hydrogen) atoms. The molecule has 0 spiro atoms. The topological polar surface area (TPSA) is 63.2 Å². The summed E-state index contributed by atoms with van der Waals surface area (Å²) in [6, 6.07) is 0.140. The molecule has 0 aromatic heterocycles. The smallest absolute Gasteiger partial charge is 0.235 e. The lowest BCUT2D eigenvalue weighted by molar-refractivity contribution is -0.120. The van der Waals surface area contributed by atoms with Crippen molar-refractivity contribution in [2.75, 3.05) is 11.5 Å². The quantitative estimate of drug-likeness (QED) is 0.843. The van der Waals surface area contributed by atoms with Gasteiger partial charge in [-0.3, -0.25) is 4.79 Å². The molecule has 2 aliphatic rings. The van der Waals surface area contributed by atoms with Gasteiger partial charge < -0.3 is 5.32 Å². The van der Waals surface area contributed by atoms with Crippen LogP contribution in [0.1, 0.15) is 65.2 Å². The summed E-state index contributed by atoms with van der Waals surface area (Å²) >= 11 is 0. The van der Waals surface area contributed by atoms with Crippen LogP contribution in [0.2, 0.25) is 0 Å². The van der Waals surface area contributed by atoms with E-state index in [1.807, 2.05) is 0 Å². The number of sulfone groups is 1. The highest BCUT2D eigenvalue weighted by Crippen LogP contribution is 2.29. The first-order valence-corrected chi connectivity index (χ1v) is 10.7. The molecule has 0 unspecified atom stereocenters. The van der Waals surface area contributed by atoms with Crippen molar-refractivity contribution in [3.63, 3.8) is 0 Å². The Morgan fingerprint density at radius 2 is 1.68 bits per heavy atom. The van der Waals surface area contributed by atoms with Gasteiger partial charge >= 0.3 is 0 Å². The van der Waals surface area contributed by atoms with Gasteiger partial charge in [-0.25, -0.2) is 8.42 Å². The van der Waals surface area contributed by atoms with Crippen LogP contribution in [0.5, 0.6) is 0 Å². The van der Waals surface area contributed by atoms with Crippen LogP contribution in [0.15, 0.2) is 0 Å². The van der Waals surface area contributed by atoms with Crippen LogP contribution in [0, 0.1) is 17.8 Å². The lowest BCUT2D eigenvalue weighted by Crippen LogP contribution is -2.46. The molecule has 128 valence electrons. The van der Waals surface area contributed by atoms with Crippen LogP contribution in [-0.2, 0) is 14.6 Å². The van der Waals surface area contributed by atoms with Gasteiger partial charge in [-0.1, -0.05) is 46.0 Å². The first-order valence-electron chi connectivity index (χ1n) is 8.87. The van der Waals surface area contributed by atoms with Crippen molar-refractivity contribution in [1.82, 2.24) is 5.32 Å². The van der Waals surface area contributed by atoms with Gasteiger partial charge in [0.15, 0.2) is 9.84 Å². The van der Waals surface area contributed by atoms with Gasteiger partial charge in [-0.2, -0.15) is 0 Å². The molecule has 0 aliphatic heterocycles. The number of nitrogens with one attached hydrogen (secondary N) is 1. The van der Waals surface area contributed by atoms with E-state index in [-0.39, 0.29) is 29.4 Å². The summed E-state index contributed by atoms with van der Waals surface area (Å²) in [6.45, 7) is 4.37. The van der Waals surface area contributed by atoms with E-state index in [4.69, 9.17) is 0 Å². The Bertz CT molecular complexity index is 468. The average molecular weight is 330 g/mol. The second kappa shape index (κ2) is 7.80. The average Bonchev–Trinajstić information content (AvgIpc) is 2.43. The molecule has 0 saturated heterocycles. The van der Waals surface area contributed by atoms with Crippen molar-refractivity contribution in [3.05, 3.63) is 0 Å². The van der Waals surface area contributed by atoms with Crippen molar-refractivity contribution in [2.45, 2.75) is 71.3 Å². The van der Waals surface area contributed by atoms with Gasteiger partial charge in [0.05, 0.1) is 5.75 Å². The SMILES string of the molecule is C[C@@H]1[C@H](C)CCC[C@H]1NC(=O)CS(=O)(=O)CC1CCCCC1. The lowest BCUT2D eigenvalue weighted by Gasteiger charge is -2.34. The van der Waals surface area contributed by atoms with Crippen LogP contribution in [0.3, 0.4) is 0 Å². The predicted octanol–water partition coefficient (Wildman–Crippen LogP) is 2.92. The van der Waals surface area contributed by atoms with Crippen LogP contribution in [0.4, 0.5) is 0 Å². The van der Waals surface area contributed by atoms with Crippen molar-refractivity contribution in [3.8, 4) is 0 Å². The highest BCUT2D eigenvalue weighted by atomic mass is 32.2. The molecule has 1 N–H and O–H groups in total.